The first-order chi connectivity index (χ1) is 30.8. The lowest BCUT2D eigenvalue weighted by molar-refractivity contribution is -0.138. The number of hydrogen-bond donors (Lipinski definition) is 2. The first kappa shape index (κ1) is 45.6. The number of fused-ring (bicyclic) bond motifs is 4. The van der Waals surface area contributed by atoms with Crippen LogP contribution in [0, 0.1) is 11.8 Å². The Morgan fingerprint density at radius 2 is 0.922 bits per heavy atom. The number of halogens is 6. The van der Waals surface area contributed by atoms with Crippen LogP contribution in [0.15, 0.2) is 122 Å². The number of hydrogen-bond acceptors (Lipinski definition) is 8. The van der Waals surface area contributed by atoms with Crippen LogP contribution in [0.5, 0.6) is 0 Å². The number of ether oxygens (including phenoxy) is 2. The first-order valence-electron chi connectivity index (χ1n) is 20.7. The number of aromatic nitrogens is 6. The van der Waals surface area contributed by atoms with Crippen molar-refractivity contribution in [3.63, 3.8) is 0 Å². The van der Waals surface area contributed by atoms with Crippen LogP contribution < -0.4 is 10.6 Å². The van der Waals surface area contributed by atoms with E-state index in [1.807, 2.05) is 60.7 Å². The van der Waals surface area contributed by atoms with Crippen LogP contribution in [0.25, 0.3) is 0 Å². The molecule has 4 aromatic carbocycles. The third-order valence-corrected chi connectivity index (χ3v) is 11.0. The summed E-state index contributed by atoms with van der Waals surface area (Å²) >= 11 is 0. The summed E-state index contributed by atoms with van der Waals surface area (Å²) in [4.78, 5) is 28.3. The molecule has 0 aliphatic carbocycles. The predicted molar refractivity (Wildman–Crippen MR) is 221 cm³/mol. The molecule has 18 heteroatoms. The normalized spacial score (nSPS) is 20.2. The van der Waals surface area contributed by atoms with E-state index in [0.717, 1.165) is 35.4 Å². The molecule has 0 saturated heterocycles. The van der Waals surface area contributed by atoms with Gasteiger partial charge in [0.25, 0.3) is 0 Å². The Morgan fingerprint density at radius 1 is 0.547 bits per heavy atom. The molecule has 4 atom stereocenters. The zero-order chi connectivity index (χ0) is 45.1. The molecule has 1 aliphatic rings. The second-order valence-corrected chi connectivity index (χ2v) is 15.7. The van der Waals surface area contributed by atoms with Gasteiger partial charge in [0.15, 0.2) is 0 Å². The summed E-state index contributed by atoms with van der Waals surface area (Å²) in [5.74, 6) is -2.03. The van der Waals surface area contributed by atoms with Crippen LogP contribution in [0.3, 0.4) is 0 Å². The highest BCUT2D eigenvalue weighted by Gasteiger charge is 2.32. The first-order valence-corrected chi connectivity index (χ1v) is 20.7. The van der Waals surface area contributed by atoms with Crippen molar-refractivity contribution in [1.29, 1.82) is 0 Å². The molecule has 336 valence electrons. The van der Waals surface area contributed by atoms with E-state index >= 15 is 0 Å². The van der Waals surface area contributed by atoms with Crippen LogP contribution >= 0.6 is 0 Å². The molecule has 7 rings (SSSR count). The summed E-state index contributed by atoms with van der Waals surface area (Å²) < 4.78 is 95.5. The number of nitrogens with zero attached hydrogens (tertiary/aromatic N) is 6. The van der Waals surface area contributed by atoms with Crippen molar-refractivity contribution in [2.75, 3.05) is 13.2 Å². The number of benzene rings is 4. The van der Waals surface area contributed by atoms with Gasteiger partial charge in [0.2, 0.25) is 11.8 Å². The molecule has 6 aromatic rings. The Morgan fingerprint density at radius 3 is 1.28 bits per heavy atom. The van der Waals surface area contributed by atoms with Gasteiger partial charge >= 0.3 is 12.4 Å². The molecule has 3 heterocycles. The van der Waals surface area contributed by atoms with Gasteiger partial charge in [-0.05, 0) is 72.2 Å². The highest BCUT2D eigenvalue weighted by atomic mass is 19.4. The molecule has 0 unspecified atom stereocenters. The average Bonchev–Trinajstić information content (AvgIpc) is 3.95. The van der Waals surface area contributed by atoms with Gasteiger partial charge in [0.1, 0.15) is 11.4 Å². The van der Waals surface area contributed by atoms with Crippen LogP contribution in [-0.4, -0.2) is 55.0 Å². The molecule has 12 nitrogen and oxygen atoms in total. The third kappa shape index (κ3) is 12.8. The Bertz CT molecular complexity index is 2240. The molecule has 0 radical (unpaired) electrons. The number of carbonyl (C=O) groups excluding carboxylic acids is 2. The molecule has 0 fully saturated rings. The summed E-state index contributed by atoms with van der Waals surface area (Å²) in [5, 5.41) is 23.2. The summed E-state index contributed by atoms with van der Waals surface area (Å²) in [6, 6.07) is 26.7. The van der Waals surface area contributed by atoms with E-state index in [2.05, 4.69) is 31.3 Å². The maximum atomic E-state index is 14.2. The number of carbonyl (C=O) groups is 2. The number of rotatable bonds is 6. The van der Waals surface area contributed by atoms with E-state index in [-0.39, 0.29) is 77.0 Å². The molecular formula is C46H46F6N8O4. The van der Waals surface area contributed by atoms with Crippen LogP contribution in [0.2, 0.25) is 0 Å². The van der Waals surface area contributed by atoms with E-state index in [1.165, 1.54) is 24.3 Å². The summed E-state index contributed by atoms with van der Waals surface area (Å²) in [7, 11) is 0. The molecule has 2 N–H and O–H groups in total. The van der Waals surface area contributed by atoms with Crippen molar-refractivity contribution < 1.29 is 45.4 Å². The Kier molecular flexibility index (Phi) is 14.9. The van der Waals surface area contributed by atoms with Crippen molar-refractivity contribution in [3.8, 4) is 0 Å². The molecule has 1 aliphatic heterocycles. The molecule has 4 bridgehead atoms. The number of aryl methyl sites for hydroxylation is 2. The molecule has 2 aromatic heterocycles. The van der Waals surface area contributed by atoms with Crippen molar-refractivity contribution in [1.82, 2.24) is 40.6 Å². The lowest BCUT2D eigenvalue weighted by Crippen LogP contribution is -2.37. The summed E-state index contributed by atoms with van der Waals surface area (Å²) in [5.41, 5.74) is 2.02. The van der Waals surface area contributed by atoms with Crippen molar-refractivity contribution >= 4 is 11.8 Å². The third-order valence-electron chi connectivity index (χ3n) is 11.0. The molecule has 64 heavy (non-hydrogen) atoms. The van der Waals surface area contributed by atoms with Gasteiger partial charge in [-0.1, -0.05) is 95.4 Å². The zero-order valence-electron chi connectivity index (χ0n) is 34.5. The zero-order valence-corrected chi connectivity index (χ0v) is 34.5. The number of nitrogens with one attached hydrogen (secondary N) is 2. The average molecular weight is 889 g/mol. The lowest BCUT2D eigenvalue weighted by atomic mass is 9.94. The van der Waals surface area contributed by atoms with Gasteiger partial charge in [-0.2, -0.15) is 26.3 Å². The van der Waals surface area contributed by atoms with E-state index < -0.39 is 47.4 Å². The van der Waals surface area contributed by atoms with E-state index in [9.17, 15) is 35.9 Å². The Hall–Kier alpha value is -6.40. The van der Waals surface area contributed by atoms with Gasteiger partial charge < -0.3 is 20.1 Å². The molecule has 0 saturated carbocycles. The Labute approximate surface area is 365 Å². The fourth-order valence-corrected chi connectivity index (χ4v) is 7.44. The SMILES string of the molecule is O=C1N[C@@H](c2ccccc2)COCc2cn(nn2)CC[C@H](Cc2ccc(C(F)(F)F)cc2)C(=O)N[C@@H](c2ccccc2)COCc2cn(nn2)CC[C@@H]1Cc1ccc(C(F)(F)F)cc1. The fourth-order valence-electron chi connectivity index (χ4n) is 7.44. The summed E-state index contributed by atoms with van der Waals surface area (Å²) in [6.07, 6.45) is -4.83. The maximum Gasteiger partial charge on any atom is 0.416 e. The molecule has 0 spiro atoms. The van der Waals surface area contributed by atoms with Crippen molar-refractivity contribution in [3.05, 3.63) is 166 Å². The number of amides is 2. The van der Waals surface area contributed by atoms with Crippen LogP contribution in [0.1, 0.15) is 69.7 Å². The maximum absolute atomic E-state index is 14.2. The van der Waals surface area contributed by atoms with Gasteiger partial charge in [-0.15, -0.1) is 10.2 Å². The predicted octanol–water partition coefficient (Wildman–Crippen LogP) is 7.87. The quantitative estimate of drug-likeness (QED) is 0.161. The highest BCUT2D eigenvalue weighted by Crippen LogP contribution is 2.31. The molecular weight excluding hydrogens is 843 g/mol. The lowest BCUT2D eigenvalue weighted by Gasteiger charge is -2.24. The van der Waals surface area contributed by atoms with Crippen LogP contribution in [-0.2, 0) is 70.6 Å². The standard InChI is InChI=1S/C46H46F6N8O4/c47-45(48,49)37-15-11-31(12-16-37)23-35-19-21-59-26-40(56-58-59)28-64-30-42(34-9-5-2-6-10-34)54-44(62)36(24-32-13-17-38(18-14-32)46(50,51)52)20-22-60-25-39(55-57-60)27-63-29-41(53-43(35)61)33-7-3-1-4-8-33/h1-18,25-26,35-36,41-42H,19-24,27-30H2,(H,53,61)(H,54,62)/t35-,36-,41-,42-/m1/s1. The van der Waals surface area contributed by atoms with Crippen molar-refractivity contribution in [2.24, 2.45) is 11.8 Å². The van der Waals surface area contributed by atoms with Gasteiger partial charge in [0, 0.05) is 24.9 Å². The van der Waals surface area contributed by atoms with Crippen molar-refractivity contribution in [2.45, 2.75) is 76.4 Å². The van der Waals surface area contributed by atoms with Gasteiger partial charge in [-0.25, -0.2) is 0 Å². The largest absolute Gasteiger partial charge is 0.416 e. The number of alkyl halides is 6. The van der Waals surface area contributed by atoms with Gasteiger partial charge in [0.05, 0.1) is 62.0 Å². The minimum absolute atomic E-state index is 0.0248. The second-order valence-electron chi connectivity index (χ2n) is 15.7. The van der Waals surface area contributed by atoms with E-state index in [4.69, 9.17) is 9.47 Å². The smallest absolute Gasteiger partial charge is 0.373 e. The van der Waals surface area contributed by atoms with E-state index in [0.29, 0.717) is 22.5 Å². The van der Waals surface area contributed by atoms with Gasteiger partial charge in [-0.3, -0.25) is 19.0 Å². The van der Waals surface area contributed by atoms with E-state index in [1.54, 1.807) is 21.8 Å². The highest BCUT2D eigenvalue weighted by molar-refractivity contribution is 5.80. The fraction of sp³-hybridized carbons (Fsp3) is 0.348. The topological polar surface area (TPSA) is 138 Å². The monoisotopic (exact) mass is 888 g/mol. The Balaban J connectivity index is 1.14. The molecule has 2 amide bonds. The van der Waals surface area contributed by atoms with Crippen LogP contribution in [0.4, 0.5) is 26.3 Å². The second kappa shape index (κ2) is 20.9. The minimum atomic E-state index is -4.50. The minimum Gasteiger partial charge on any atom is -0.373 e. The summed E-state index contributed by atoms with van der Waals surface area (Å²) in [6.45, 7) is 0.627.